The average Bonchev–Trinajstić information content (AvgIpc) is 2.76. The van der Waals surface area contributed by atoms with Gasteiger partial charge in [0, 0.05) is 30.9 Å². The lowest BCUT2D eigenvalue weighted by Gasteiger charge is -2.20. The number of hydrogen-bond acceptors (Lipinski definition) is 4. The Balaban J connectivity index is 2.34. The molecule has 0 bridgehead atoms. The van der Waals surface area contributed by atoms with E-state index in [0.717, 1.165) is 13.0 Å². The van der Waals surface area contributed by atoms with Crippen molar-refractivity contribution in [3.8, 4) is 0 Å². The van der Waals surface area contributed by atoms with Gasteiger partial charge in [-0.25, -0.2) is 8.42 Å². The summed E-state index contributed by atoms with van der Waals surface area (Å²) >= 11 is 0. The Kier molecular flexibility index (Phi) is 3.61. The number of para-hydroxylation sites is 1. The Labute approximate surface area is 106 Å². The first-order valence-electron chi connectivity index (χ1n) is 5.34. The molecule has 2 rings (SSSR count). The Morgan fingerprint density at radius 2 is 2.12 bits per heavy atom. The molecule has 0 radical (unpaired) electrons. The molecular weight excluding hydrogens is 262 g/mol. The third-order valence-electron chi connectivity index (χ3n) is 2.95. The maximum Gasteiger partial charge on any atom is 0.263 e. The van der Waals surface area contributed by atoms with Crippen LogP contribution in [0.15, 0.2) is 29.2 Å². The van der Waals surface area contributed by atoms with Crippen LogP contribution >= 0.6 is 10.7 Å². The van der Waals surface area contributed by atoms with Gasteiger partial charge in [-0.1, -0.05) is 12.1 Å². The molecule has 1 saturated heterocycles. The first kappa shape index (κ1) is 12.7. The number of benzene rings is 1. The van der Waals surface area contributed by atoms with Gasteiger partial charge in [-0.2, -0.15) is 0 Å². The highest BCUT2D eigenvalue weighted by atomic mass is 35.7. The summed E-state index contributed by atoms with van der Waals surface area (Å²) in [4.78, 5) is 2.15. The SMILES string of the molecule is CO[C@H]1CCN(c2ccccc2S(=O)(=O)Cl)C1. The molecule has 1 heterocycles. The fourth-order valence-electron chi connectivity index (χ4n) is 2.06. The molecule has 1 aliphatic heterocycles. The predicted octanol–water partition coefficient (Wildman–Crippen LogP) is 1.84. The summed E-state index contributed by atoms with van der Waals surface area (Å²) in [5, 5.41) is 0. The first-order chi connectivity index (χ1) is 8.02. The van der Waals surface area contributed by atoms with Gasteiger partial charge < -0.3 is 9.64 Å². The zero-order chi connectivity index (χ0) is 12.5. The highest BCUT2D eigenvalue weighted by molar-refractivity contribution is 8.13. The normalized spacial score (nSPS) is 20.8. The zero-order valence-electron chi connectivity index (χ0n) is 9.47. The minimum Gasteiger partial charge on any atom is -0.380 e. The van der Waals surface area contributed by atoms with Crippen LogP contribution in [0.4, 0.5) is 5.69 Å². The molecule has 17 heavy (non-hydrogen) atoms. The molecule has 0 spiro atoms. The Morgan fingerprint density at radius 3 is 2.71 bits per heavy atom. The largest absolute Gasteiger partial charge is 0.380 e. The van der Waals surface area contributed by atoms with Gasteiger partial charge >= 0.3 is 0 Å². The second kappa shape index (κ2) is 4.84. The van der Waals surface area contributed by atoms with E-state index in [1.54, 1.807) is 25.3 Å². The lowest BCUT2D eigenvalue weighted by molar-refractivity contribution is 0.121. The Morgan fingerprint density at radius 1 is 1.41 bits per heavy atom. The van der Waals surface area contributed by atoms with E-state index in [2.05, 4.69) is 0 Å². The number of halogens is 1. The molecule has 1 aromatic carbocycles. The van der Waals surface area contributed by atoms with E-state index < -0.39 is 9.05 Å². The van der Waals surface area contributed by atoms with Gasteiger partial charge in [0.1, 0.15) is 4.90 Å². The molecule has 1 atom stereocenters. The van der Waals surface area contributed by atoms with Crippen molar-refractivity contribution in [2.45, 2.75) is 17.4 Å². The molecule has 1 aromatic rings. The van der Waals surface area contributed by atoms with E-state index in [-0.39, 0.29) is 11.0 Å². The van der Waals surface area contributed by atoms with E-state index >= 15 is 0 Å². The van der Waals surface area contributed by atoms with Crippen molar-refractivity contribution in [1.29, 1.82) is 0 Å². The smallest absolute Gasteiger partial charge is 0.263 e. The quantitative estimate of drug-likeness (QED) is 0.790. The highest BCUT2D eigenvalue weighted by Gasteiger charge is 2.26. The number of methoxy groups -OCH3 is 1. The van der Waals surface area contributed by atoms with Crippen molar-refractivity contribution in [3.63, 3.8) is 0 Å². The van der Waals surface area contributed by atoms with Crippen molar-refractivity contribution in [1.82, 2.24) is 0 Å². The van der Waals surface area contributed by atoms with Crippen molar-refractivity contribution >= 4 is 25.4 Å². The van der Waals surface area contributed by atoms with Crippen LogP contribution in [0.2, 0.25) is 0 Å². The maximum atomic E-state index is 11.5. The van der Waals surface area contributed by atoms with Crippen molar-refractivity contribution in [2.75, 3.05) is 25.1 Å². The van der Waals surface area contributed by atoms with Gasteiger partial charge in [-0.15, -0.1) is 0 Å². The Bertz CT molecular complexity index is 503. The van der Waals surface area contributed by atoms with Gasteiger partial charge in [0.25, 0.3) is 9.05 Å². The molecule has 4 nitrogen and oxygen atoms in total. The molecule has 0 aromatic heterocycles. The van der Waals surface area contributed by atoms with Crippen LogP contribution in [-0.4, -0.2) is 34.7 Å². The van der Waals surface area contributed by atoms with Crippen molar-refractivity contribution in [2.24, 2.45) is 0 Å². The van der Waals surface area contributed by atoms with Crippen LogP contribution in [-0.2, 0) is 13.8 Å². The number of hydrogen-bond donors (Lipinski definition) is 0. The van der Waals surface area contributed by atoms with E-state index in [9.17, 15) is 8.42 Å². The minimum absolute atomic E-state index is 0.154. The summed E-state index contributed by atoms with van der Waals surface area (Å²) in [6, 6.07) is 6.77. The molecule has 1 fully saturated rings. The van der Waals surface area contributed by atoms with Crippen LogP contribution in [0.1, 0.15) is 6.42 Å². The third kappa shape index (κ3) is 2.73. The second-order valence-corrected chi connectivity index (χ2v) is 6.53. The van der Waals surface area contributed by atoms with E-state index in [1.165, 1.54) is 6.07 Å². The number of nitrogens with zero attached hydrogens (tertiary/aromatic N) is 1. The van der Waals surface area contributed by atoms with Crippen molar-refractivity contribution in [3.05, 3.63) is 24.3 Å². The van der Waals surface area contributed by atoms with Gasteiger partial charge in [0.15, 0.2) is 0 Å². The Hall–Kier alpha value is -0.780. The van der Waals surface area contributed by atoms with E-state index in [1.807, 2.05) is 4.90 Å². The average molecular weight is 276 g/mol. The summed E-state index contributed by atoms with van der Waals surface area (Å²) in [5.41, 5.74) is 0.655. The summed E-state index contributed by atoms with van der Waals surface area (Å²) in [5.74, 6) is 0. The molecule has 0 saturated carbocycles. The monoisotopic (exact) mass is 275 g/mol. The van der Waals surface area contributed by atoms with Gasteiger partial charge in [0.2, 0.25) is 0 Å². The molecular formula is C11H14ClNO3S. The topological polar surface area (TPSA) is 46.6 Å². The third-order valence-corrected chi connectivity index (χ3v) is 4.32. The van der Waals surface area contributed by atoms with Gasteiger partial charge in [-0.3, -0.25) is 0 Å². The standard InChI is InChI=1S/C11H14ClNO3S/c1-16-9-6-7-13(8-9)10-4-2-3-5-11(10)17(12,14)15/h2-5,9H,6-8H2,1H3/t9-/m0/s1. The fourth-order valence-corrected chi connectivity index (χ4v) is 3.14. The zero-order valence-corrected chi connectivity index (χ0v) is 11.0. The number of anilines is 1. The first-order valence-corrected chi connectivity index (χ1v) is 7.64. The lowest BCUT2D eigenvalue weighted by Crippen LogP contribution is -2.23. The molecule has 0 amide bonds. The molecule has 0 N–H and O–H groups in total. The molecule has 0 aliphatic carbocycles. The second-order valence-electron chi connectivity index (χ2n) is 4.00. The van der Waals surface area contributed by atoms with Crippen LogP contribution in [0.5, 0.6) is 0 Å². The van der Waals surface area contributed by atoms with Crippen LogP contribution in [0.3, 0.4) is 0 Å². The summed E-state index contributed by atoms with van der Waals surface area (Å²) in [6.07, 6.45) is 1.05. The number of ether oxygens (including phenoxy) is 1. The van der Waals surface area contributed by atoms with Crippen LogP contribution < -0.4 is 4.90 Å². The summed E-state index contributed by atoms with van der Waals surface area (Å²) in [6.45, 7) is 1.47. The van der Waals surface area contributed by atoms with Crippen LogP contribution in [0.25, 0.3) is 0 Å². The van der Waals surface area contributed by atoms with Crippen molar-refractivity contribution < 1.29 is 13.2 Å². The van der Waals surface area contributed by atoms with E-state index in [0.29, 0.717) is 12.2 Å². The molecule has 94 valence electrons. The molecule has 1 aliphatic rings. The lowest BCUT2D eigenvalue weighted by atomic mass is 10.3. The highest BCUT2D eigenvalue weighted by Crippen LogP contribution is 2.30. The maximum absolute atomic E-state index is 11.5. The van der Waals surface area contributed by atoms with Crippen LogP contribution in [0, 0.1) is 0 Å². The minimum atomic E-state index is -3.71. The number of rotatable bonds is 3. The molecule has 6 heteroatoms. The predicted molar refractivity (Wildman–Crippen MR) is 67.1 cm³/mol. The summed E-state index contributed by atoms with van der Waals surface area (Å²) in [7, 11) is 3.39. The van der Waals surface area contributed by atoms with Gasteiger partial charge in [-0.05, 0) is 18.6 Å². The van der Waals surface area contributed by atoms with Gasteiger partial charge in [0.05, 0.1) is 11.8 Å². The van der Waals surface area contributed by atoms with E-state index in [4.69, 9.17) is 15.4 Å². The fraction of sp³-hybridized carbons (Fsp3) is 0.455. The molecule has 0 unspecified atom stereocenters. The summed E-state index contributed by atoms with van der Waals surface area (Å²) < 4.78 is 28.2.